The van der Waals surface area contributed by atoms with Gasteiger partial charge in [0, 0.05) is 25.1 Å². The first-order valence-corrected chi connectivity index (χ1v) is 10.4. The summed E-state index contributed by atoms with van der Waals surface area (Å²) in [7, 11) is 0. The molecule has 3 aromatic heterocycles. The van der Waals surface area contributed by atoms with E-state index in [0.29, 0.717) is 24.0 Å². The topological polar surface area (TPSA) is 136 Å². The van der Waals surface area contributed by atoms with Crippen LogP contribution in [0.25, 0.3) is 11.0 Å². The SMILES string of the molecule is Cc1nc(C(C)(C)NC(=O)c2cc(C3CC3)nc3c2c(=O)[nH]c(=O)n3CC(C)C)no1. The van der Waals surface area contributed by atoms with Crippen molar-refractivity contribution in [1.82, 2.24) is 30.0 Å². The van der Waals surface area contributed by atoms with Crippen LogP contribution in [0, 0.1) is 12.8 Å². The minimum atomic E-state index is -0.941. The molecule has 0 bridgehead atoms. The summed E-state index contributed by atoms with van der Waals surface area (Å²) < 4.78 is 6.48. The van der Waals surface area contributed by atoms with Crippen LogP contribution >= 0.6 is 0 Å². The molecule has 1 aliphatic carbocycles. The number of nitrogens with one attached hydrogen (secondary N) is 2. The first-order valence-electron chi connectivity index (χ1n) is 10.4. The van der Waals surface area contributed by atoms with Gasteiger partial charge in [0.25, 0.3) is 11.5 Å². The number of rotatable bonds is 6. The second-order valence-corrected chi connectivity index (χ2v) is 9.05. The van der Waals surface area contributed by atoms with Crippen LogP contribution in [-0.2, 0) is 12.1 Å². The van der Waals surface area contributed by atoms with Gasteiger partial charge in [-0.3, -0.25) is 19.1 Å². The lowest BCUT2D eigenvalue weighted by Crippen LogP contribution is -2.42. The molecule has 1 fully saturated rings. The number of nitrogens with zero attached hydrogens (tertiary/aromatic N) is 4. The third-order valence-electron chi connectivity index (χ3n) is 5.27. The molecule has 10 nitrogen and oxygen atoms in total. The normalized spacial score (nSPS) is 14.4. The summed E-state index contributed by atoms with van der Waals surface area (Å²) in [5.41, 5.74) is -0.963. The van der Waals surface area contributed by atoms with Crippen molar-refractivity contribution in [3.63, 3.8) is 0 Å². The standard InChI is InChI=1S/C21H26N6O4/c1-10(2)9-27-16-15(18(29)24-20(27)30)13(8-14(23-16)12-6-7-12)17(28)25-21(4,5)19-22-11(3)31-26-19/h8,10,12H,6-7,9H2,1-5H3,(H,25,28)(H,24,29,30). The lowest BCUT2D eigenvalue weighted by Gasteiger charge is -2.23. The fraction of sp³-hybridized carbons (Fsp3) is 0.524. The molecule has 1 aliphatic rings. The van der Waals surface area contributed by atoms with Gasteiger partial charge in [-0.25, -0.2) is 9.78 Å². The number of amides is 1. The summed E-state index contributed by atoms with van der Waals surface area (Å²) in [6, 6.07) is 1.66. The maximum Gasteiger partial charge on any atom is 0.330 e. The Hall–Kier alpha value is -3.30. The molecule has 164 valence electrons. The smallest absolute Gasteiger partial charge is 0.330 e. The van der Waals surface area contributed by atoms with Crippen LogP contribution in [0.5, 0.6) is 0 Å². The quantitative estimate of drug-likeness (QED) is 0.615. The molecule has 3 heterocycles. The molecular weight excluding hydrogens is 400 g/mol. The summed E-state index contributed by atoms with van der Waals surface area (Å²) in [5, 5.41) is 6.89. The number of aryl methyl sites for hydroxylation is 1. The third-order valence-corrected chi connectivity index (χ3v) is 5.27. The zero-order chi connectivity index (χ0) is 22.5. The molecule has 0 aromatic carbocycles. The number of carbonyl (C=O) groups is 1. The van der Waals surface area contributed by atoms with Crippen molar-refractivity contribution < 1.29 is 9.32 Å². The first kappa shape index (κ1) is 21.0. The Morgan fingerprint density at radius 2 is 2.03 bits per heavy atom. The summed E-state index contributed by atoms with van der Waals surface area (Å²) in [5.74, 6) is 0.616. The lowest BCUT2D eigenvalue weighted by molar-refractivity contribution is 0.0909. The molecule has 0 unspecified atom stereocenters. The van der Waals surface area contributed by atoms with Crippen molar-refractivity contribution in [3.8, 4) is 0 Å². The summed E-state index contributed by atoms with van der Waals surface area (Å²) >= 11 is 0. The number of aromatic amines is 1. The van der Waals surface area contributed by atoms with E-state index in [9.17, 15) is 14.4 Å². The van der Waals surface area contributed by atoms with Crippen LogP contribution in [0.3, 0.4) is 0 Å². The molecule has 4 rings (SSSR count). The Balaban J connectivity index is 1.87. The minimum absolute atomic E-state index is 0.0993. The monoisotopic (exact) mass is 426 g/mol. The molecule has 1 saturated carbocycles. The highest BCUT2D eigenvalue weighted by Crippen LogP contribution is 2.40. The highest BCUT2D eigenvalue weighted by Gasteiger charge is 2.32. The average Bonchev–Trinajstić information content (AvgIpc) is 3.43. The van der Waals surface area contributed by atoms with Crippen LogP contribution < -0.4 is 16.6 Å². The van der Waals surface area contributed by atoms with Crippen LogP contribution in [0.15, 0.2) is 20.2 Å². The molecule has 0 atom stereocenters. The van der Waals surface area contributed by atoms with E-state index in [2.05, 4.69) is 25.4 Å². The van der Waals surface area contributed by atoms with Crippen molar-refractivity contribution in [1.29, 1.82) is 0 Å². The second-order valence-electron chi connectivity index (χ2n) is 9.05. The fourth-order valence-electron chi connectivity index (χ4n) is 3.56. The van der Waals surface area contributed by atoms with Crippen molar-refractivity contribution in [2.24, 2.45) is 5.92 Å². The highest BCUT2D eigenvalue weighted by molar-refractivity contribution is 6.05. The Morgan fingerprint density at radius 1 is 1.32 bits per heavy atom. The Bertz CT molecular complexity index is 1280. The van der Waals surface area contributed by atoms with E-state index in [1.54, 1.807) is 26.8 Å². The molecule has 1 amide bonds. The van der Waals surface area contributed by atoms with Gasteiger partial charge in [-0.2, -0.15) is 4.98 Å². The van der Waals surface area contributed by atoms with Crippen LogP contribution in [0.2, 0.25) is 0 Å². The molecule has 0 spiro atoms. The predicted molar refractivity (Wildman–Crippen MR) is 113 cm³/mol. The average molecular weight is 426 g/mol. The fourth-order valence-corrected chi connectivity index (χ4v) is 3.56. The molecule has 31 heavy (non-hydrogen) atoms. The van der Waals surface area contributed by atoms with E-state index >= 15 is 0 Å². The number of hydrogen-bond acceptors (Lipinski definition) is 7. The molecule has 0 aliphatic heterocycles. The summed E-state index contributed by atoms with van der Waals surface area (Å²) in [6.07, 6.45) is 1.93. The predicted octanol–water partition coefficient (Wildman–Crippen LogP) is 1.97. The van der Waals surface area contributed by atoms with E-state index in [0.717, 1.165) is 12.8 Å². The number of pyridine rings is 1. The summed E-state index contributed by atoms with van der Waals surface area (Å²) in [6.45, 7) is 9.48. The first-order chi connectivity index (χ1) is 14.6. The van der Waals surface area contributed by atoms with Crippen molar-refractivity contribution >= 4 is 16.9 Å². The van der Waals surface area contributed by atoms with E-state index in [1.807, 2.05) is 13.8 Å². The van der Waals surface area contributed by atoms with Crippen molar-refractivity contribution in [2.75, 3.05) is 0 Å². The zero-order valence-electron chi connectivity index (χ0n) is 18.3. The van der Waals surface area contributed by atoms with Crippen LogP contribution in [0.4, 0.5) is 0 Å². The van der Waals surface area contributed by atoms with Gasteiger partial charge in [0.2, 0.25) is 5.89 Å². The number of aromatic nitrogens is 5. The van der Waals surface area contributed by atoms with Crippen LogP contribution in [-0.4, -0.2) is 30.6 Å². The molecular formula is C21H26N6O4. The van der Waals surface area contributed by atoms with Gasteiger partial charge in [0.1, 0.15) is 0 Å². The summed E-state index contributed by atoms with van der Waals surface area (Å²) in [4.78, 5) is 49.8. The second kappa shape index (κ2) is 7.44. The van der Waals surface area contributed by atoms with Gasteiger partial charge in [0.05, 0.1) is 16.5 Å². The molecule has 0 radical (unpaired) electrons. The van der Waals surface area contributed by atoms with E-state index < -0.39 is 22.7 Å². The van der Waals surface area contributed by atoms with E-state index in [-0.39, 0.29) is 28.4 Å². The number of H-pyrrole nitrogens is 1. The maximum absolute atomic E-state index is 13.4. The van der Waals surface area contributed by atoms with Crippen molar-refractivity contribution in [2.45, 2.75) is 65.5 Å². The van der Waals surface area contributed by atoms with Gasteiger partial charge in [-0.15, -0.1) is 0 Å². The van der Waals surface area contributed by atoms with E-state index in [4.69, 9.17) is 4.52 Å². The molecule has 3 aromatic rings. The number of hydrogen-bond donors (Lipinski definition) is 2. The van der Waals surface area contributed by atoms with Crippen LogP contribution in [0.1, 0.15) is 74.2 Å². The van der Waals surface area contributed by atoms with Gasteiger partial charge in [-0.1, -0.05) is 19.0 Å². The van der Waals surface area contributed by atoms with E-state index in [1.165, 1.54) is 4.57 Å². The molecule has 10 heteroatoms. The minimum Gasteiger partial charge on any atom is -0.340 e. The Morgan fingerprint density at radius 3 is 2.61 bits per heavy atom. The number of fused-ring (bicyclic) bond motifs is 1. The lowest BCUT2D eigenvalue weighted by atomic mass is 10.0. The van der Waals surface area contributed by atoms with Gasteiger partial charge in [-0.05, 0) is 38.7 Å². The van der Waals surface area contributed by atoms with Crippen molar-refractivity contribution in [3.05, 3.63) is 49.9 Å². The Labute approximate surface area is 178 Å². The number of carbonyl (C=O) groups excluding carboxylic acids is 1. The van der Waals surface area contributed by atoms with Gasteiger partial charge >= 0.3 is 5.69 Å². The largest absolute Gasteiger partial charge is 0.340 e. The maximum atomic E-state index is 13.4. The van der Waals surface area contributed by atoms with Gasteiger partial charge < -0.3 is 9.84 Å². The third kappa shape index (κ3) is 4.01. The van der Waals surface area contributed by atoms with Gasteiger partial charge in [0.15, 0.2) is 11.5 Å². The Kier molecular flexibility index (Phi) is 5.03. The molecule has 0 saturated heterocycles. The molecule has 2 N–H and O–H groups in total. The zero-order valence-corrected chi connectivity index (χ0v) is 18.3. The highest BCUT2D eigenvalue weighted by atomic mass is 16.5.